The third-order valence-electron chi connectivity index (χ3n) is 2.19. The maximum Gasteiger partial charge on any atom is 0.410 e. The second kappa shape index (κ2) is 1.63. The summed E-state index contributed by atoms with van der Waals surface area (Å²) in [6, 6.07) is 0. The lowest BCUT2D eigenvalue weighted by molar-refractivity contribution is -0.105. The molecular formula is C6H9NO3. The Balaban J connectivity index is 2.17. The standard InChI is InChI=1S/C6H9NO3/c1-7-5(8)10-4-6(7)2-9-3-6/h2-4H2,1H3. The molecule has 2 heterocycles. The van der Waals surface area contributed by atoms with E-state index in [0.717, 1.165) is 0 Å². The van der Waals surface area contributed by atoms with Gasteiger partial charge in [0.2, 0.25) is 0 Å². The summed E-state index contributed by atoms with van der Waals surface area (Å²) >= 11 is 0. The van der Waals surface area contributed by atoms with Crippen molar-refractivity contribution in [2.24, 2.45) is 0 Å². The van der Waals surface area contributed by atoms with Gasteiger partial charge in [-0.2, -0.15) is 0 Å². The van der Waals surface area contributed by atoms with Crippen LogP contribution in [0.1, 0.15) is 0 Å². The van der Waals surface area contributed by atoms with Crippen molar-refractivity contribution in [2.45, 2.75) is 5.54 Å². The zero-order valence-corrected chi connectivity index (χ0v) is 5.79. The Kier molecular flexibility index (Phi) is 0.976. The Hall–Kier alpha value is -0.770. The van der Waals surface area contributed by atoms with Gasteiger partial charge in [-0.15, -0.1) is 0 Å². The van der Waals surface area contributed by atoms with Gasteiger partial charge in [-0.25, -0.2) is 4.79 Å². The minimum Gasteiger partial charge on any atom is -0.447 e. The first-order valence-corrected chi connectivity index (χ1v) is 3.23. The van der Waals surface area contributed by atoms with Crippen LogP contribution < -0.4 is 0 Å². The molecule has 0 aromatic heterocycles. The van der Waals surface area contributed by atoms with Crippen LogP contribution in [0.5, 0.6) is 0 Å². The summed E-state index contributed by atoms with van der Waals surface area (Å²) in [7, 11) is 1.75. The lowest BCUT2D eigenvalue weighted by atomic mass is 9.99. The minimum atomic E-state index is -0.233. The van der Waals surface area contributed by atoms with Crippen LogP contribution in [-0.4, -0.2) is 43.4 Å². The maximum absolute atomic E-state index is 10.8. The zero-order chi connectivity index (χ0) is 7.19. The fourth-order valence-electron chi connectivity index (χ4n) is 1.20. The van der Waals surface area contributed by atoms with E-state index in [1.807, 2.05) is 0 Å². The molecule has 2 aliphatic rings. The Labute approximate surface area is 58.7 Å². The van der Waals surface area contributed by atoms with Crippen LogP contribution in [-0.2, 0) is 9.47 Å². The van der Waals surface area contributed by atoms with Gasteiger partial charge in [0.05, 0.1) is 13.2 Å². The van der Waals surface area contributed by atoms with Gasteiger partial charge in [0.15, 0.2) is 0 Å². The van der Waals surface area contributed by atoms with Crippen molar-refractivity contribution in [1.29, 1.82) is 0 Å². The number of rotatable bonds is 0. The van der Waals surface area contributed by atoms with Crippen molar-refractivity contribution in [1.82, 2.24) is 4.90 Å². The predicted molar refractivity (Wildman–Crippen MR) is 32.7 cm³/mol. The fourth-order valence-corrected chi connectivity index (χ4v) is 1.20. The van der Waals surface area contributed by atoms with Crippen molar-refractivity contribution < 1.29 is 14.3 Å². The second-order valence-corrected chi connectivity index (χ2v) is 2.83. The summed E-state index contributed by atoms with van der Waals surface area (Å²) in [5.74, 6) is 0. The molecule has 1 spiro atoms. The molecule has 10 heavy (non-hydrogen) atoms. The van der Waals surface area contributed by atoms with E-state index in [4.69, 9.17) is 9.47 Å². The maximum atomic E-state index is 10.8. The van der Waals surface area contributed by atoms with E-state index in [2.05, 4.69) is 0 Å². The number of cyclic esters (lactones) is 1. The topological polar surface area (TPSA) is 38.8 Å². The largest absolute Gasteiger partial charge is 0.447 e. The average molecular weight is 143 g/mol. The highest BCUT2D eigenvalue weighted by Crippen LogP contribution is 2.29. The predicted octanol–water partition coefficient (Wildman–Crippen LogP) is -0.163. The fraction of sp³-hybridized carbons (Fsp3) is 0.833. The van der Waals surface area contributed by atoms with Crippen molar-refractivity contribution in [2.75, 3.05) is 26.9 Å². The lowest BCUT2D eigenvalue weighted by Crippen LogP contribution is -2.59. The number of ether oxygens (including phenoxy) is 2. The lowest BCUT2D eigenvalue weighted by Gasteiger charge is -2.40. The van der Waals surface area contributed by atoms with E-state index in [-0.39, 0.29) is 11.6 Å². The molecular weight excluding hydrogens is 134 g/mol. The average Bonchev–Trinajstić information content (AvgIpc) is 2.10. The molecule has 0 bridgehead atoms. The molecule has 0 aromatic rings. The number of nitrogens with zero attached hydrogens (tertiary/aromatic N) is 1. The van der Waals surface area contributed by atoms with Crippen LogP contribution in [0.25, 0.3) is 0 Å². The molecule has 0 saturated carbocycles. The van der Waals surface area contributed by atoms with Crippen LogP contribution >= 0.6 is 0 Å². The second-order valence-electron chi connectivity index (χ2n) is 2.83. The summed E-state index contributed by atoms with van der Waals surface area (Å²) in [6.07, 6.45) is -0.233. The molecule has 2 saturated heterocycles. The van der Waals surface area contributed by atoms with E-state index in [1.165, 1.54) is 0 Å². The van der Waals surface area contributed by atoms with Crippen LogP contribution in [0, 0.1) is 0 Å². The molecule has 2 fully saturated rings. The van der Waals surface area contributed by atoms with E-state index >= 15 is 0 Å². The first-order chi connectivity index (χ1) is 4.75. The van der Waals surface area contributed by atoms with E-state index in [9.17, 15) is 4.79 Å². The van der Waals surface area contributed by atoms with Crippen LogP contribution in [0.2, 0.25) is 0 Å². The molecule has 2 rings (SSSR count). The first kappa shape index (κ1) is 5.97. The number of hydrogen-bond acceptors (Lipinski definition) is 3. The number of hydrogen-bond donors (Lipinski definition) is 0. The summed E-state index contributed by atoms with van der Waals surface area (Å²) < 4.78 is 9.83. The van der Waals surface area contributed by atoms with E-state index in [1.54, 1.807) is 11.9 Å². The van der Waals surface area contributed by atoms with Crippen molar-refractivity contribution in [3.8, 4) is 0 Å². The van der Waals surface area contributed by atoms with Crippen LogP contribution in [0.4, 0.5) is 4.79 Å². The Morgan fingerprint density at radius 1 is 1.50 bits per heavy atom. The molecule has 0 aromatic carbocycles. The number of carbonyl (C=O) groups is 1. The first-order valence-electron chi connectivity index (χ1n) is 3.23. The van der Waals surface area contributed by atoms with E-state index < -0.39 is 0 Å². The summed E-state index contributed by atoms with van der Waals surface area (Å²) in [5.41, 5.74) is -0.114. The summed E-state index contributed by atoms with van der Waals surface area (Å²) in [5, 5.41) is 0. The molecule has 0 atom stereocenters. The van der Waals surface area contributed by atoms with Crippen molar-refractivity contribution in [3.05, 3.63) is 0 Å². The SMILES string of the molecule is CN1C(=O)OCC12COC2. The van der Waals surface area contributed by atoms with Gasteiger partial charge >= 0.3 is 6.09 Å². The summed E-state index contributed by atoms with van der Waals surface area (Å²) in [6.45, 7) is 1.73. The van der Waals surface area contributed by atoms with Gasteiger partial charge < -0.3 is 9.47 Å². The van der Waals surface area contributed by atoms with E-state index in [0.29, 0.717) is 19.8 Å². The highest BCUT2D eigenvalue weighted by Gasteiger charge is 2.51. The molecule has 1 amide bonds. The summed E-state index contributed by atoms with van der Waals surface area (Å²) in [4.78, 5) is 12.5. The van der Waals surface area contributed by atoms with Gasteiger partial charge in [-0.1, -0.05) is 0 Å². The molecule has 2 aliphatic heterocycles. The smallest absolute Gasteiger partial charge is 0.410 e. The highest BCUT2D eigenvalue weighted by molar-refractivity contribution is 5.71. The van der Waals surface area contributed by atoms with Gasteiger partial charge in [0, 0.05) is 7.05 Å². The van der Waals surface area contributed by atoms with Gasteiger partial charge in [-0.3, -0.25) is 4.90 Å². The van der Waals surface area contributed by atoms with Crippen molar-refractivity contribution in [3.63, 3.8) is 0 Å². The minimum absolute atomic E-state index is 0.114. The molecule has 56 valence electrons. The van der Waals surface area contributed by atoms with Gasteiger partial charge in [0.25, 0.3) is 0 Å². The molecule has 0 aliphatic carbocycles. The van der Waals surface area contributed by atoms with Crippen molar-refractivity contribution >= 4 is 6.09 Å². The normalized spacial score (nSPS) is 28.5. The van der Waals surface area contributed by atoms with Crippen LogP contribution in [0.3, 0.4) is 0 Å². The monoisotopic (exact) mass is 143 g/mol. The highest BCUT2D eigenvalue weighted by atomic mass is 16.6. The Morgan fingerprint density at radius 3 is 2.40 bits per heavy atom. The number of carbonyl (C=O) groups excluding carboxylic acids is 1. The Bertz CT molecular complexity index is 176. The number of amides is 1. The quantitative estimate of drug-likeness (QED) is 0.473. The molecule has 4 heteroatoms. The molecule has 4 nitrogen and oxygen atoms in total. The molecule has 0 N–H and O–H groups in total. The molecule has 0 unspecified atom stereocenters. The Morgan fingerprint density at radius 2 is 2.20 bits per heavy atom. The van der Waals surface area contributed by atoms with Gasteiger partial charge in [-0.05, 0) is 0 Å². The third kappa shape index (κ3) is 0.520. The zero-order valence-electron chi connectivity index (χ0n) is 5.79. The van der Waals surface area contributed by atoms with Crippen LogP contribution in [0.15, 0.2) is 0 Å². The number of likely N-dealkylation sites (N-methyl/N-ethyl adjacent to an activating group) is 1. The van der Waals surface area contributed by atoms with Gasteiger partial charge in [0.1, 0.15) is 12.1 Å². The third-order valence-corrected chi connectivity index (χ3v) is 2.19. The molecule has 0 radical (unpaired) electrons.